The summed E-state index contributed by atoms with van der Waals surface area (Å²) in [5, 5.41) is 4.04. The Morgan fingerprint density at radius 1 is 1.21 bits per heavy atom. The summed E-state index contributed by atoms with van der Waals surface area (Å²) in [4.78, 5) is 35.2. The summed E-state index contributed by atoms with van der Waals surface area (Å²) in [6.45, 7) is 3.70. The summed E-state index contributed by atoms with van der Waals surface area (Å²) in [5.74, 6) is 0.345. The molecule has 1 aliphatic rings. The molecule has 0 radical (unpaired) electrons. The molecule has 6 heteroatoms. The average molecular weight is 390 g/mol. The zero-order valence-electron chi connectivity index (χ0n) is 16.6. The van der Waals surface area contributed by atoms with Crippen LogP contribution in [0.15, 0.2) is 55.0 Å². The third kappa shape index (κ3) is 4.31. The number of para-hydroxylation sites is 1. The number of piperidine rings is 1. The molecule has 1 atom stereocenters. The molecule has 0 unspecified atom stereocenters. The highest BCUT2D eigenvalue weighted by atomic mass is 16.2. The number of benzene rings is 1. The number of carbonyl (C=O) groups excluding carboxylic acids is 2. The second-order valence-corrected chi connectivity index (χ2v) is 7.84. The van der Waals surface area contributed by atoms with E-state index in [-0.39, 0.29) is 11.8 Å². The average Bonchev–Trinajstić information content (AvgIpc) is 3.17. The highest BCUT2D eigenvalue weighted by Gasteiger charge is 2.29. The van der Waals surface area contributed by atoms with E-state index in [1.807, 2.05) is 35.4 Å². The quantitative estimate of drug-likeness (QED) is 0.702. The van der Waals surface area contributed by atoms with E-state index >= 15 is 0 Å². The SMILES string of the molecule is CC1CCN(C(=O)[C@@H](Cc2c[nH]c3ccccc23)NC(=O)c2cccnc2)CC1. The summed E-state index contributed by atoms with van der Waals surface area (Å²) in [5.41, 5.74) is 2.51. The fourth-order valence-corrected chi connectivity index (χ4v) is 3.91. The monoisotopic (exact) mass is 390 g/mol. The molecule has 2 amide bonds. The Labute approximate surface area is 170 Å². The van der Waals surface area contributed by atoms with Gasteiger partial charge in [0.05, 0.1) is 5.56 Å². The minimum Gasteiger partial charge on any atom is -0.361 e. The van der Waals surface area contributed by atoms with Crippen LogP contribution in [0.3, 0.4) is 0 Å². The molecule has 0 aliphatic carbocycles. The van der Waals surface area contributed by atoms with E-state index in [0.29, 0.717) is 17.9 Å². The van der Waals surface area contributed by atoms with Crippen molar-refractivity contribution in [2.24, 2.45) is 5.92 Å². The van der Waals surface area contributed by atoms with Gasteiger partial charge < -0.3 is 15.2 Å². The van der Waals surface area contributed by atoms with Crippen LogP contribution in [0.5, 0.6) is 0 Å². The van der Waals surface area contributed by atoms with E-state index in [9.17, 15) is 9.59 Å². The molecule has 0 saturated carbocycles. The topological polar surface area (TPSA) is 78.1 Å². The first-order chi connectivity index (χ1) is 14.1. The summed E-state index contributed by atoms with van der Waals surface area (Å²) in [6, 6.07) is 10.8. The van der Waals surface area contributed by atoms with Gasteiger partial charge in [-0.25, -0.2) is 0 Å². The van der Waals surface area contributed by atoms with Crippen LogP contribution in [0.4, 0.5) is 0 Å². The molecule has 6 nitrogen and oxygen atoms in total. The molecule has 1 aliphatic heterocycles. The molecule has 0 bridgehead atoms. The van der Waals surface area contributed by atoms with Crippen molar-refractivity contribution in [3.8, 4) is 0 Å². The standard InChI is InChI=1S/C23H26N4O2/c1-16-8-11-27(12-9-16)23(29)21(26-22(28)17-5-4-10-24-14-17)13-18-15-25-20-7-3-2-6-19(18)20/h2-7,10,14-16,21,25H,8-9,11-13H2,1H3,(H,26,28)/t21-/m1/s1. The number of pyridine rings is 1. The number of amides is 2. The number of fused-ring (bicyclic) bond motifs is 1. The molecule has 2 aromatic heterocycles. The number of aromatic nitrogens is 2. The second kappa shape index (κ2) is 8.47. The van der Waals surface area contributed by atoms with E-state index in [1.54, 1.807) is 18.3 Å². The van der Waals surface area contributed by atoms with Gasteiger partial charge in [0.25, 0.3) is 5.91 Å². The van der Waals surface area contributed by atoms with Crippen LogP contribution < -0.4 is 5.32 Å². The van der Waals surface area contributed by atoms with Crippen LogP contribution in [0.25, 0.3) is 10.9 Å². The van der Waals surface area contributed by atoms with Gasteiger partial charge in [0.2, 0.25) is 5.91 Å². The molecule has 150 valence electrons. The van der Waals surface area contributed by atoms with Crippen LogP contribution in [0, 0.1) is 5.92 Å². The van der Waals surface area contributed by atoms with Crippen molar-refractivity contribution in [1.82, 2.24) is 20.2 Å². The molecule has 29 heavy (non-hydrogen) atoms. The Morgan fingerprint density at radius 2 is 2.00 bits per heavy atom. The summed E-state index contributed by atoms with van der Waals surface area (Å²) in [7, 11) is 0. The molecule has 3 heterocycles. The number of rotatable bonds is 5. The largest absolute Gasteiger partial charge is 0.361 e. The van der Waals surface area contributed by atoms with E-state index < -0.39 is 6.04 Å². The highest BCUT2D eigenvalue weighted by molar-refractivity contribution is 5.97. The van der Waals surface area contributed by atoms with E-state index in [2.05, 4.69) is 22.2 Å². The van der Waals surface area contributed by atoms with Crippen molar-refractivity contribution in [2.45, 2.75) is 32.2 Å². The molecular formula is C23H26N4O2. The first-order valence-electron chi connectivity index (χ1n) is 10.2. The predicted octanol–water partition coefficient (Wildman–Crippen LogP) is 3.16. The third-order valence-electron chi connectivity index (χ3n) is 5.72. The van der Waals surface area contributed by atoms with Crippen LogP contribution in [0.2, 0.25) is 0 Å². The Kier molecular flexibility index (Phi) is 5.60. The van der Waals surface area contributed by atoms with Crippen molar-refractivity contribution >= 4 is 22.7 Å². The fraction of sp³-hybridized carbons (Fsp3) is 0.348. The summed E-state index contributed by atoms with van der Waals surface area (Å²) >= 11 is 0. The van der Waals surface area contributed by atoms with E-state index in [0.717, 1.165) is 42.4 Å². The number of aromatic amines is 1. The normalized spacial score (nSPS) is 16.0. The highest BCUT2D eigenvalue weighted by Crippen LogP contribution is 2.21. The van der Waals surface area contributed by atoms with Gasteiger partial charge >= 0.3 is 0 Å². The molecule has 1 saturated heterocycles. The van der Waals surface area contributed by atoms with Gasteiger partial charge in [-0.3, -0.25) is 14.6 Å². The number of nitrogens with one attached hydrogen (secondary N) is 2. The maximum Gasteiger partial charge on any atom is 0.253 e. The van der Waals surface area contributed by atoms with Crippen molar-refractivity contribution in [3.05, 3.63) is 66.1 Å². The van der Waals surface area contributed by atoms with Gasteiger partial charge in [0.1, 0.15) is 6.04 Å². The summed E-state index contributed by atoms with van der Waals surface area (Å²) in [6.07, 6.45) is 7.52. The third-order valence-corrected chi connectivity index (χ3v) is 5.72. The predicted molar refractivity (Wildman–Crippen MR) is 112 cm³/mol. The van der Waals surface area contributed by atoms with Crippen LogP contribution >= 0.6 is 0 Å². The van der Waals surface area contributed by atoms with Crippen LogP contribution in [-0.4, -0.2) is 45.8 Å². The Balaban J connectivity index is 1.57. The zero-order chi connectivity index (χ0) is 20.2. The minimum absolute atomic E-state index is 0.0144. The number of hydrogen-bond donors (Lipinski definition) is 2. The lowest BCUT2D eigenvalue weighted by Crippen LogP contribution is -2.51. The molecule has 3 aromatic rings. The van der Waals surface area contributed by atoms with Gasteiger partial charge in [-0.05, 0) is 42.5 Å². The fourth-order valence-electron chi connectivity index (χ4n) is 3.91. The lowest BCUT2D eigenvalue weighted by Gasteiger charge is -2.33. The first kappa shape index (κ1) is 19.2. The number of hydrogen-bond acceptors (Lipinski definition) is 3. The molecule has 4 rings (SSSR count). The zero-order valence-corrected chi connectivity index (χ0v) is 16.6. The minimum atomic E-state index is -0.615. The summed E-state index contributed by atoms with van der Waals surface area (Å²) < 4.78 is 0. The molecule has 1 fully saturated rings. The van der Waals surface area contributed by atoms with Crippen LogP contribution in [0.1, 0.15) is 35.7 Å². The second-order valence-electron chi connectivity index (χ2n) is 7.84. The molecule has 2 N–H and O–H groups in total. The number of likely N-dealkylation sites (tertiary alicyclic amines) is 1. The molecule has 1 aromatic carbocycles. The van der Waals surface area contributed by atoms with Crippen molar-refractivity contribution in [3.63, 3.8) is 0 Å². The number of H-pyrrole nitrogens is 1. The Bertz CT molecular complexity index is 990. The molecule has 0 spiro atoms. The first-order valence-corrected chi connectivity index (χ1v) is 10.2. The molecular weight excluding hydrogens is 364 g/mol. The van der Waals surface area contributed by atoms with Crippen molar-refractivity contribution < 1.29 is 9.59 Å². The van der Waals surface area contributed by atoms with E-state index in [4.69, 9.17) is 0 Å². The van der Waals surface area contributed by atoms with E-state index in [1.165, 1.54) is 6.20 Å². The van der Waals surface area contributed by atoms with Crippen LogP contribution in [-0.2, 0) is 11.2 Å². The van der Waals surface area contributed by atoms with Gasteiger partial charge in [-0.1, -0.05) is 25.1 Å². The lowest BCUT2D eigenvalue weighted by molar-refractivity contribution is -0.134. The Morgan fingerprint density at radius 3 is 2.76 bits per heavy atom. The number of carbonyl (C=O) groups is 2. The van der Waals surface area contributed by atoms with Gasteiger partial charge in [0, 0.05) is 49.0 Å². The number of nitrogens with zero attached hydrogens (tertiary/aromatic N) is 2. The maximum absolute atomic E-state index is 13.3. The van der Waals surface area contributed by atoms with Gasteiger partial charge in [-0.15, -0.1) is 0 Å². The Hall–Kier alpha value is -3.15. The van der Waals surface area contributed by atoms with Crippen molar-refractivity contribution in [1.29, 1.82) is 0 Å². The lowest BCUT2D eigenvalue weighted by atomic mass is 9.97. The van der Waals surface area contributed by atoms with Gasteiger partial charge in [0.15, 0.2) is 0 Å². The van der Waals surface area contributed by atoms with Gasteiger partial charge in [-0.2, -0.15) is 0 Å². The van der Waals surface area contributed by atoms with Crippen molar-refractivity contribution in [2.75, 3.05) is 13.1 Å². The maximum atomic E-state index is 13.3. The smallest absolute Gasteiger partial charge is 0.253 e.